The van der Waals surface area contributed by atoms with Crippen LogP contribution in [-0.4, -0.2) is 34.0 Å². The van der Waals surface area contributed by atoms with E-state index >= 15 is 0 Å². The van der Waals surface area contributed by atoms with Crippen molar-refractivity contribution in [3.63, 3.8) is 0 Å². The van der Waals surface area contributed by atoms with Gasteiger partial charge in [-0.2, -0.15) is 11.8 Å². The number of hydrogen-bond donors (Lipinski definition) is 2. The highest BCUT2D eigenvalue weighted by Gasteiger charge is 2.35. The molecule has 19 heavy (non-hydrogen) atoms. The van der Waals surface area contributed by atoms with Crippen molar-refractivity contribution < 1.29 is 10.0 Å². The third kappa shape index (κ3) is 6.92. The highest BCUT2D eigenvalue weighted by Crippen LogP contribution is 2.32. The first-order valence-electron chi connectivity index (χ1n) is 6.13. The largest absolute Gasteiger partial charge is 0.410 e. The second-order valence-corrected chi connectivity index (χ2v) is 7.57. The van der Waals surface area contributed by atoms with Gasteiger partial charge >= 0.3 is 0 Å². The lowest BCUT2D eigenvalue weighted by atomic mass is 9.81. The predicted octanol–water partition coefficient (Wildman–Crippen LogP) is 3.18. The molecule has 110 valence electrons. The van der Waals surface area contributed by atoms with E-state index in [4.69, 9.17) is 5.21 Å². The Labute approximate surface area is 124 Å². The van der Waals surface area contributed by atoms with E-state index in [2.05, 4.69) is 17.1 Å². The van der Waals surface area contributed by atoms with Gasteiger partial charge in [0.1, 0.15) is 5.04 Å². The van der Waals surface area contributed by atoms with Gasteiger partial charge in [-0.1, -0.05) is 43.8 Å². The van der Waals surface area contributed by atoms with Crippen LogP contribution >= 0.6 is 23.5 Å². The van der Waals surface area contributed by atoms with Crippen molar-refractivity contribution >= 4 is 34.5 Å². The zero-order chi connectivity index (χ0) is 14.9. The number of nitrogens with zero attached hydrogens (tertiary/aromatic N) is 1. The molecule has 4 nitrogen and oxygen atoms in total. The van der Waals surface area contributed by atoms with Crippen LogP contribution in [0.15, 0.2) is 17.8 Å². The second kappa shape index (κ2) is 9.31. The Bertz CT molecular complexity index is 325. The molecule has 0 aliphatic heterocycles. The summed E-state index contributed by atoms with van der Waals surface area (Å²) in [5.74, 6) is 0.423. The Morgan fingerprint density at radius 2 is 2.16 bits per heavy atom. The summed E-state index contributed by atoms with van der Waals surface area (Å²) in [5, 5.41) is 16.4. The number of hydrogen-bond acceptors (Lipinski definition) is 5. The van der Waals surface area contributed by atoms with Crippen molar-refractivity contribution in [1.29, 1.82) is 0 Å². The minimum absolute atomic E-state index is 0.121. The minimum Gasteiger partial charge on any atom is -0.410 e. The van der Waals surface area contributed by atoms with Crippen LogP contribution in [0.4, 0.5) is 0 Å². The molecule has 0 aliphatic rings. The standard InChI is InChI=1S/C13H24N2O2S2/c1-6-7-8-18-9-19-12(15-17)10(11(16)14-5)13(2,3)4/h6,10,17H,1,7-9H2,2-5H3,(H,14,16). The molecule has 6 heteroatoms. The van der Waals surface area contributed by atoms with Gasteiger partial charge in [-0.15, -0.1) is 6.58 Å². The Hall–Kier alpha value is -0.620. The molecular formula is C13H24N2O2S2. The van der Waals surface area contributed by atoms with Gasteiger partial charge in [-0.25, -0.2) is 0 Å². The van der Waals surface area contributed by atoms with Gasteiger partial charge in [0.15, 0.2) is 0 Å². The zero-order valence-corrected chi connectivity index (χ0v) is 13.7. The molecule has 0 rings (SSSR count). The maximum absolute atomic E-state index is 12.0. The van der Waals surface area contributed by atoms with E-state index in [1.54, 1.807) is 18.8 Å². The van der Waals surface area contributed by atoms with Gasteiger partial charge in [0.25, 0.3) is 0 Å². The van der Waals surface area contributed by atoms with Crippen LogP contribution in [-0.2, 0) is 4.79 Å². The number of oxime groups is 1. The lowest BCUT2D eigenvalue weighted by Gasteiger charge is -2.29. The number of rotatable bonds is 7. The molecule has 1 amide bonds. The number of carbonyl (C=O) groups excluding carboxylic acids is 1. The molecule has 0 saturated heterocycles. The third-order valence-corrected chi connectivity index (χ3v) is 4.75. The third-order valence-electron chi connectivity index (χ3n) is 2.48. The van der Waals surface area contributed by atoms with E-state index in [1.807, 2.05) is 26.8 Å². The average Bonchev–Trinajstić information content (AvgIpc) is 2.34. The average molecular weight is 304 g/mol. The molecule has 2 N–H and O–H groups in total. The van der Waals surface area contributed by atoms with Crippen molar-refractivity contribution in [3.8, 4) is 0 Å². The summed E-state index contributed by atoms with van der Waals surface area (Å²) in [7, 11) is 1.60. The molecule has 0 saturated carbocycles. The molecular weight excluding hydrogens is 280 g/mol. The van der Waals surface area contributed by atoms with Crippen molar-refractivity contribution in [1.82, 2.24) is 5.32 Å². The summed E-state index contributed by atoms with van der Waals surface area (Å²) < 4.78 is 0. The van der Waals surface area contributed by atoms with Crippen LogP contribution in [0.25, 0.3) is 0 Å². The highest BCUT2D eigenvalue weighted by molar-refractivity contribution is 8.24. The molecule has 0 bridgehead atoms. The number of allylic oxidation sites excluding steroid dienone is 1. The van der Waals surface area contributed by atoms with Crippen molar-refractivity contribution in [2.75, 3.05) is 17.9 Å². The monoisotopic (exact) mass is 304 g/mol. The van der Waals surface area contributed by atoms with Crippen LogP contribution < -0.4 is 5.32 Å². The number of nitrogens with one attached hydrogen (secondary N) is 1. The smallest absolute Gasteiger partial charge is 0.230 e. The Morgan fingerprint density at radius 3 is 2.58 bits per heavy atom. The first-order valence-corrected chi connectivity index (χ1v) is 8.27. The van der Waals surface area contributed by atoms with Gasteiger partial charge in [0.05, 0.1) is 5.92 Å². The zero-order valence-electron chi connectivity index (χ0n) is 12.1. The van der Waals surface area contributed by atoms with Crippen molar-refractivity contribution in [2.45, 2.75) is 27.2 Å². The van der Waals surface area contributed by atoms with Gasteiger partial charge < -0.3 is 10.5 Å². The summed E-state index contributed by atoms with van der Waals surface area (Å²) in [5.41, 5.74) is -0.291. The maximum Gasteiger partial charge on any atom is 0.230 e. The van der Waals surface area contributed by atoms with E-state index < -0.39 is 5.92 Å². The minimum atomic E-state index is -0.437. The van der Waals surface area contributed by atoms with E-state index in [1.165, 1.54) is 11.8 Å². The number of carbonyl (C=O) groups is 1. The topological polar surface area (TPSA) is 61.7 Å². The molecule has 0 aromatic carbocycles. The van der Waals surface area contributed by atoms with E-state index in [0.717, 1.165) is 17.3 Å². The van der Waals surface area contributed by atoms with Gasteiger partial charge in [0, 0.05) is 12.1 Å². The molecule has 0 fully saturated rings. The summed E-state index contributed by atoms with van der Waals surface area (Å²) in [6.45, 7) is 9.55. The highest BCUT2D eigenvalue weighted by atomic mass is 32.2. The summed E-state index contributed by atoms with van der Waals surface area (Å²) in [6.07, 6.45) is 2.83. The first-order chi connectivity index (χ1) is 8.88. The fourth-order valence-corrected chi connectivity index (χ4v) is 3.82. The SMILES string of the molecule is C=CCCSCSC(=NO)C(C(=O)NC)C(C)(C)C. The van der Waals surface area contributed by atoms with Gasteiger partial charge in [0.2, 0.25) is 5.91 Å². The summed E-state index contributed by atoms with van der Waals surface area (Å²) in [6, 6.07) is 0. The van der Waals surface area contributed by atoms with E-state index in [9.17, 15) is 4.79 Å². The van der Waals surface area contributed by atoms with Crippen LogP contribution in [0.2, 0.25) is 0 Å². The van der Waals surface area contributed by atoms with Crippen molar-refractivity contribution in [2.24, 2.45) is 16.5 Å². The normalized spacial score (nSPS) is 14.0. The van der Waals surface area contributed by atoms with Crippen LogP contribution in [0.3, 0.4) is 0 Å². The van der Waals surface area contributed by atoms with Crippen LogP contribution in [0.1, 0.15) is 27.2 Å². The first kappa shape index (κ1) is 18.4. The van der Waals surface area contributed by atoms with Crippen LogP contribution in [0.5, 0.6) is 0 Å². The Balaban J connectivity index is 4.61. The fourth-order valence-electron chi connectivity index (χ4n) is 1.52. The van der Waals surface area contributed by atoms with Gasteiger partial charge in [-0.05, 0) is 17.6 Å². The molecule has 0 heterocycles. The molecule has 0 radical (unpaired) electrons. The van der Waals surface area contributed by atoms with E-state index in [0.29, 0.717) is 5.04 Å². The summed E-state index contributed by atoms with van der Waals surface area (Å²) in [4.78, 5) is 12.0. The van der Waals surface area contributed by atoms with Crippen molar-refractivity contribution in [3.05, 3.63) is 12.7 Å². The number of amides is 1. The fraction of sp³-hybridized carbons (Fsp3) is 0.692. The summed E-state index contributed by atoms with van der Waals surface area (Å²) >= 11 is 3.16. The number of thioether (sulfide) groups is 2. The molecule has 0 aliphatic carbocycles. The molecule has 0 aromatic heterocycles. The lowest BCUT2D eigenvalue weighted by Crippen LogP contribution is -2.40. The Morgan fingerprint density at radius 1 is 1.53 bits per heavy atom. The van der Waals surface area contributed by atoms with E-state index in [-0.39, 0.29) is 11.3 Å². The molecule has 1 atom stereocenters. The second-order valence-electron chi connectivity index (χ2n) is 5.10. The predicted molar refractivity (Wildman–Crippen MR) is 86.0 cm³/mol. The van der Waals surface area contributed by atoms with Gasteiger partial charge in [-0.3, -0.25) is 4.79 Å². The maximum atomic E-state index is 12.0. The quantitative estimate of drug-likeness (QED) is 0.144. The molecule has 0 spiro atoms. The molecule has 0 aromatic rings. The Kier molecular flexibility index (Phi) is 9.01. The lowest BCUT2D eigenvalue weighted by molar-refractivity contribution is -0.124. The molecule has 1 unspecified atom stereocenters. The van der Waals surface area contributed by atoms with Crippen LogP contribution in [0, 0.1) is 11.3 Å².